The number of rotatable bonds is 4. The Hall–Kier alpha value is -2.17. The van der Waals surface area contributed by atoms with E-state index in [2.05, 4.69) is 15.4 Å². The van der Waals surface area contributed by atoms with E-state index < -0.39 is 0 Å². The van der Waals surface area contributed by atoms with Gasteiger partial charge in [-0.1, -0.05) is 0 Å². The molecule has 0 saturated carbocycles. The molecule has 0 fully saturated rings. The van der Waals surface area contributed by atoms with E-state index in [1.54, 1.807) is 17.1 Å². The molecule has 2 aromatic rings. The summed E-state index contributed by atoms with van der Waals surface area (Å²) >= 11 is 0. The van der Waals surface area contributed by atoms with Crippen molar-refractivity contribution in [3.8, 4) is 0 Å². The Kier molecular flexibility index (Phi) is 3.72. The van der Waals surface area contributed by atoms with Crippen LogP contribution in [0.25, 0.3) is 0 Å². The Balaban J connectivity index is 1.88. The molecular formula is C13H16N4O. The maximum Gasteiger partial charge on any atom is 0.242 e. The lowest BCUT2D eigenvalue weighted by molar-refractivity contribution is -0.122. The predicted molar refractivity (Wildman–Crippen MR) is 67.8 cm³/mol. The molecule has 0 aromatic carbocycles. The molecule has 0 bridgehead atoms. The second-order valence-electron chi connectivity index (χ2n) is 4.22. The number of carbonyl (C=O) groups excluding carboxylic acids is 1. The molecule has 0 unspecified atom stereocenters. The highest BCUT2D eigenvalue weighted by Crippen LogP contribution is 2.01. The number of pyridine rings is 1. The summed E-state index contributed by atoms with van der Waals surface area (Å²) in [5, 5.41) is 7.11. The van der Waals surface area contributed by atoms with Gasteiger partial charge in [0.2, 0.25) is 5.91 Å². The third-order valence-corrected chi connectivity index (χ3v) is 2.64. The van der Waals surface area contributed by atoms with Crippen LogP contribution in [0.1, 0.15) is 17.0 Å². The van der Waals surface area contributed by atoms with Crippen LogP contribution in [-0.4, -0.2) is 20.7 Å². The third kappa shape index (κ3) is 3.16. The van der Waals surface area contributed by atoms with Crippen molar-refractivity contribution in [2.45, 2.75) is 26.9 Å². The van der Waals surface area contributed by atoms with Gasteiger partial charge < -0.3 is 5.32 Å². The molecule has 94 valence electrons. The molecule has 1 amide bonds. The van der Waals surface area contributed by atoms with Gasteiger partial charge in [0, 0.05) is 24.6 Å². The molecule has 0 aliphatic rings. The van der Waals surface area contributed by atoms with Gasteiger partial charge in [0.25, 0.3) is 0 Å². The molecule has 1 N–H and O–H groups in total. The molecule has 0 aliphatic carbocycles. The van der Waals surface area contributed by atoms with Crippen LogP contribution in [0.2, 0.25) is 0 Å². The van der Waals surface area contributed by atoms with E-state index >= 15 is 0 Å². The molecule has 2 rings (SSSR count). The zero-order valence-electron chi connectivity index (χ0n) is 10.6. The number of aryl methyl sites for hydroxylation is 2. The first kappa shape index (κ1) is 12.3. The van der Waals surface area contributed by atoms with Gasteiger partial charge in [-0.2, -0.15) is 5.10 Å². The number of nitrogens with zero attached hydrogens (tertiary/aromatic N) is 3. The smallest absolute Gasteiger partial charge is 0.242 e. The molecule has 5 nitrogen and oxygen atoms in total. The summed E-state index contributed by atoms with van der Waals surface area (Å²) in [5.41, 5.74) is 2.95. The highest BCUT2D eigenvalue weighted by Gasteiger charge is 2.06. The van der Waals surface area contributed by atoms with E-state index in [0.29, 0.717) is 6.54 Å². The lowest BCUT2D eigenvalue weighted by Crippen LogP contribution is -2.27. The molecule has 0 atom stereocenters. The number of nitrogens with one attached hydrogen (secondary N) is 1. The maximum absolute atomic E-state index is 11.8. The second-order valence-corrected chi connectivity index (χ2v) is 4.22. The van der Waals surface area contributed by atoms with Crippen molar-refractivity contribution in [1.29, 1.82) is 0 Å². The summed E-state index contributed by atoms with van der Waals surface area (Å²) in [6.07, 6.45) is 3.42. The fourth-order valence-electron chi connectivity index (χ4n) is 1.73. The number of hydrogen-bond donors (Lipinski definition) is 1. The van der Waals surface area contributed by atoms with Crippen molar-refractivity contribution in [2.75, 3.05) is 0 Å². The highest BCUT2D eigenvalue weighted by atomic mass is 16.2. The van der Waals surface area contributed by atoms with Gasteiger partial charge in [-0.25, -0.2) is 0 Å². The van der Waals surface area contributed by atoms with Crippen LogP contribution in [0.3, 0.4) is 0 Å². The third-order valence-electron chi connectivity index (χ3n) is 2.64. The zero-order valence-corrected chi connectivity index (χ0v) is 10.6. The van der Waals surface area contributed by atoms with Gasteiger partial charge >= 0.3 is 0 Å². The molecule has 18 heavy (non-hydrogen) atoms. The minimum absolute atomic E-state index is 0.0435. The lowest BCUT2D eigenvalue weighted by Gasteiger charge is -2.06. The summed E-state index contributed by atoms with van der Waals surface area (Å²) < 4.78 is 1.71. The van der Waals surface area contributed by atoms with Crippen molar-refractivity contribution in [3.63, 3.8) is 0 Å². The Morgan fingerprint density at radius 1 is 1.33 bits per heavy atom. The van der Waals surface area contributed by atoms with Gasteiger partial charge in [0.05, 0.1) is 5.69 Å². The minimum atomic E-state index is -0.0435. The van der Waals surface area contributed by atoms with E-state index in [1.807, 2.05) is 32.0 Å². The second kappa shape index (κ2) is 5.44. The Labute approximate surface area is 106 Å². The first-order chi connectivity index (χ1) is 8.65. The van der Waals surface area contributed by atoms with E-state index in [0.717, 1.165) is 17.0 Å². The molecule has 0 saturated heterocycles. The molecule has 5 heteroatoms. The van der Waals surface area contributed by atoms with Crippen LogP contribution in [0.4, 0.5) is 0 Å². The normalized spacial score (nSPS) is 10.3. The molecule has 0 spiro atoms. The number of carbonyl (C=O) groups is 1. The summed E-state index contributed by atoms with van der Waals surface area (Å²) in [6, 6.07) is 5.71. The molecule has 2 aromatic heterocycles. The van der Waals surface area contributed by atoms with Gasteiger partial charge in [-0.3, -0.25) is 14.5 Å². The minimum Gasteiger partial charge on any atom is -0.350 e. The van der Waals surface area contributed by atoms with E-state index in [9.17, 15) is 4.79 Å². The van der Waals surface area contributed by atoms with Crippen molar-refractivity contribution in [3.05, 3.63) is 47.5 Å². The lowest BCUT2D eigenvalue weighted by atomic mass is 10.3. The van der Waals surface area contributed by atoms with Crippen LogP contribution >= 0.6 is 0 Å². The van der Waals surface area contributed by atoms with Gasteiger partial charge in [-0.05, 0) is 37.6 Å². The molecule has 2 heterocycles. The van der Waals surface area contributed by atoms with Crippen LogP contribution in [-0.2, 0) is 17.9 Å². The van der Waals surface area contributed by atoms with Gasteiger partial charge in [0.15, 0.2) is 0 Å². The van der Waals surface area contributed by atoms with E-state index in [1.165, 1.54) is 0 Å². The Morgan fingerprint density at radius 2 is 2.06 bits per heavy atom. The predicted octanol–water partition coefficient (Wildman–Crippen LogP) is 1.21. The molecule has 0 aliphatic heterocycles. The number of hydrogen-bond acceptors (Lipinski definition) is 3. The highest BCUT2D eigenvalue weighted by molar-refractivity contribution is 5.75. The molecule has 0 radical (unpaired) electrons. The standard InChI is InChI=1S/C13H16N4O/c1-10-7-11(2)17(16-10)9-13(18)15-8-12-3-5-14-6-4-12/h3-7H,8-9H2,1-2H3,(H,15,18). The van der Waals surface area contributed by atoms with Crippen molar-refractivity contribution in [2.24, 2.45) is 0 Å². The summed E-state index contributed by atoms with van der Waals surface area (Å²) in [5.74, 6) is -0.0435. The van der Waals surface area contributed by atoms with Crippen LogP contribution in [0.15, 0.2) is 30.6 Å². The fraction of sp³-hybridized carbons (Fsp3) is 0.308. The average Bonchev–Trinajstić information content (AvgIpc) is 2.67. The number of amides is 1. The fourth-order valence-corrected chi connectivity index (χ4v) is 1.73. The maximum atomic E-state index is 11.8. The zero-order chi connectivity index (χ0) is 13.0. The summed E-state index contributed by atoms with van der Waals surface area (Å²) in [7, 11) is 0. The van der Waals surface area contributed by atoms with E-state index in [4.69, 9.17) is 0 Å². The summed E-state index contributed by atoms with van der Waals surface area (Å²) in [4.78, 5) is 15.7. The SMILES string of the molecule is Cc1cc(C)n(CC(=O)NCc2ccncc2)n1. The first-order valence-electron chi connectivity index (χ1n) is 5.82. The average molecular weight is 244 g/mol. The van der Waals surface area contributed by atoms with E-state index in [-0.39, 0.29) is 12.5 Å². The summed E-state index contributed by atoms with van der Waals surface area (Å²) in [6.45, 7) is 4.62. The quantitative estimate of drug-likeness (QED) is 0.879. The monoisotopic (exact) mass is 244 g/mol. The van der Waals surface area contributed by atoms with Crippen LogP contribution in [0, 0.1) is 13.8 Å². The largest absolute Gasteiger partial charge is 0.350 e. The van der Waals surface area contributed by atoms with Crippen LogP contribution < -0.4 is 5.32 Å². The number of aromatic nitrogens is 3. The van der Waals surface area contributed by atoms with Crippen LogP contribution in [0.5, 0.6) is 0 Å². The van der Waals surface area contributed by atoms with Crippen molar-refractivity contribution in [1.82, 2.24) is 20.1 Å². The van der Waals surface area contributed by atoms with Crippen molar-refractivity contribution >= 4 is 5.91 Å². The Morgan fingerprint density at radius 3 is 2.67 bits per heavy atom. The van der Waals surface area contributed by atoms with Crippen molar-refractivity contribution < 1.29 is 4.79 Å². The Bertz CT molecular complexity index is 533. The molecular weight excluding hydrogens is 228 g/mol. The topological polar surface area (TPSA) is 59.8 Å². The van der Waals surface area contributed by atoms with Gasteiger partial charge in [-0.15, -0.1) is 0 Å². The first-order valence-corrected chi connectivity index (χ1v) is 5.82. The van der Waals surface area contributed by atoms with Gasteiger partial charge in [0.1, 0.15) is 6.54 Å².